The maximum atomic E-state index is 13.1. The van der Waals surface area contributed by atoms with E-state index in [1.54, 1.807) is 17.0 Å². The third kappa shape index (κ3) is 4.54. The van der Waals surface area contributed by atoms with E-state index in [1.807, 2.05) is 0 Å². The standard InChI is InChI=1S/C15H18FN3O3/c1-10(20)17-7-14(21)18-13-6-15(22)19(9-13)8-11-3-2-4-12(16)5-11/h2-5,13H,6-9H2,1H3,(H,17,20)(H,18,21). The number of carbonyl (C=O) groups is 3. The number of likely N-dealkylation sites (tertiary alicyclic amines) is 1. The molecule has 0 aromatic heterocycles. The van der Waals surface area contributed by atoms with E-state index in [0.717, 1.165) is 0 Å². The van der Waals surface area contributed by atoms with Gasteiger partial charge in [0, 0.05) is 26.4 Å². The summed E-state index contributed by atoms with van der Waals surface area (Å²) in [6, 6.07) is 5.79. The van der Waals surface area contributed by atoms with E-state index in [1.165, 1.54) is 19.1 Å². The topological polar surface area (TPSA) is 78.5 Å². The van der Waals surface area contributed by atoms with Crippen LogP contribution in [0.1, 0.15) is 18.9 Å². The van der Waals surface area contributed by atoms with Crippen molar-refractivity contribution in [1.82, 2.24) is 15.5 Å². The molecule has 1 aliphatic heterocycles. The zero-order chi connectivity index (χ0) is 16.1. The van der Waals surface area contributed by atoms with Gasteiger partial charge in [0.15, 0.2) is 0 Å². The summed E-state index contributed by atoms with van der Waals surface area (Å²) in [7, 11) is 0. The first-order chi connectivity index (χ1) is 10.4. The van der Waals surface area contributed by atoms with Crippen LogP contribution in [0.3, 0.4) is 0 Å². The lowest BCUT2D eigenvalue weighted by Gasteiger charge is -2.17. The number of carbonyl (C=O) groups excluding carboxylic acids is 3. The van der Waals surface area contributed by atoms with Crippen molar-refractivity contribution in [2.45, 2.75) is 25.9 Å². The smallest absolute Gasteiger partial charge is 0.239 e. The quantitative estimate of drug-likeness (QED) is 0.814. The SMILES string of the molecule is CC(=O)NCC(=O)NC1CC(=O)N(Cc2cccc(F)c2)C1. The second kappa shape index (κ2) is 7.02. The van der Waals surface area contributed by atoms with Crippen molar-refractivity contribution in [1.29, 1.82) is 0 Å². The summed E-state index contributed by atoms with van der Waals surface area (Å²) in [5.74, 6) is -1.05. The average molecular weight is 307 g/mol. The van der Waals surface area contributed by atoms with Gasteiger partial charge in [0.2, 0.25) is 17.7 Å². The molecule has 1 aromatic rings. The Bertz CT molecular complexity index is 591. The minimum atomic E-state index is -0.343. The number of nitrogens with zero attached hydrogens (tertiary/aromatic N) is 1. The Morgan fingerprint density at radius 2 is 2.18 bits per heavy atom. The Labute approximate surface area is 127 Å². The minimum absolute atomic E-state index is 0.0888. The first kappa shape index (κ1) is 15.9. The molecule has 0 aliphatic carbocycles. The highest BCUT2D eigenvalue weighted by Crippen LogP contribution is 2.15. The van der Waals surface area contributed by atoms with Crippen LogP contribution >= 0.6 is 0 Å². The van der Waals surface area contributed by atoms with Crippen LogP contribution in [0.5, 0.6) is 0 Å². The number of hydrogen-bond donors (Lipinski definition) is 2. The van der Waals surface area contributed by atoms with E-state index >= 15 is 0 Å². The Hall–Kier alpha value is -2.44. The Kier molecular flexibility index (Phi) is 5.08. The van der Waals surface area contributed by atoms with Gasteiger partial charge in [-0.1, -0.05) is 12.1 Å². The van der Waals surface area contributed by atoms with Crippen LogP contribution in [0.15, 0.2) is 24.3 Å². The first-order valence-corrected chi connectivity index (χ1v) is 7.00. The number of rotatable bonds is 5. The maximum absolute atomic E-state index is 13.1. The van der Waals surface area contributed by atoms with Gasteiger partial charge in [0.1, 0.15) is 5.82 Å². The molecule has 0 spiro atoms. The molecule has 0 bridgehead atoms. The lowest BCUT2D eigenvalue weighted by molar-refractivity contribution is -0.128. The summed E-state index contributed by atoms with van der Waals surface area (Å²) in [6.07, 6.45) is 0.209. The number of nitrogens with one attached hydrogen (secondary N) is 2. The second-order valence-corrected chi connectivity index (χ2v) is 5.28. The molecule has 3 amide bonds. The molecule has 6 nitrogen and oxygen atoms in total. The van der Waals surface area contributed by atoms with E-state index < -0.39 is 0 Å². The highest BCUT2D eigenvalue weighted by molar-refractivity contribution is 5.85. The van der Waals surface area contributed by atoms with Crippen molar-refractivity contribution >= 4 is 17.7 Å². The van der Waals surface area contributed by atoms with Gasteiger partial charge in [-0.05, 0) is 17.7 Å². The van der Waals surface area contributed by atoms with Crippen LogP contribution in [0.4, 0.5) is 4.39 Å². The van der Waals surface area contributed by atoms with Gasteiger partial charge < -0.3 is 15.5 Å². The average Bonchev–Trinajstić information content (AvgIpc) is 2.76. The molecular weight excluding hydrogens is 289 g/mol. The summed E-state index contributed by atoms with van der Waals surface area (Å²) < 4.78 is 13.1. The molecule has 0 saturated carbocycles. The van der Waals surface area contributed by atoms with Crippen LogP contribution in [-0.2, 0) is 20.9 Å². The summed E-state index contributed by atoms with van der Waals surface area (Å²) in [5, 5.41) is 5.10. The van der Waals surface area contributed by atoms with E-state index in [2.05, 4.69) is 10.6 Å². The molecule has 1 unspecified atom stereocenters. The third-order valence-electron chi connectivity index (χ3n) is 3.34. The molecule has 118 valence electrons. The van der Waals surface area contributed by atoms with Gasteiger partial charge >= 0.3 is 0 Å². The van der Waals surface area contributed by atoms with Gasteiger partial charge in [0.25, 0.3) is 0 Å². The van der Waals surface area contributed by atoms with Crippen LogP contribution in [0.2, 0.25) is 0 Å². The van der Waals surface area contributed by atoms with Crippen LogP contribution < -0.4 is 10.6 Å². The van der Waals surface area contributed by atoms with Crippen molar-refractivity contribution in [2.75, 3.05) is 13.1 Å². The first-order valence-electron chi connectivity index (χ1n) is 7.00. The summed E-state index contributed by atoms with van der Waals surface area (Å²) in [4.78, 5) is 35.9. The third-order valence-corrected chi connectivity index (χ3v) is 3.34. The van der Waals surface area contributed by atoms with Gasteiger partial charge in [0.05, 0.1) is 12.6 Å². The molecule has 22 heavy (non-hydrogen) atoms. The van der Waals surface area contributed by atoms with Crippen LogP contribution in [0, 0.1) is 5.82 Å². The minimum Gasteiger partial charge on any atom is -0.350 e. The number of amides is 3. The second-order valence-electron chi connectivity index (χ2n) is 5.28. The fourth-order valence-corrected chi connectivity index (χ4v) is 2.36. The molecule has 1 fully saturated rings. The fourth-order valence-electron chi connectivity index (χ4n) is 2.36. The molecule has 2 N–H and O–H groups in total. The van der Waals surface area contributed by atoms with Crippen molar-refractivity contribution < 1.29 is 18.8 Å². The van der Waals surface area contributed by atoms with E-state index in [4.69, 9.17) is 0 Å². The molecule has 1 aliphatic rings. The highest BCUT2D eigenvalue weighted by Gasteiger charge is 2.30. The monoisotopic (exact) mass is 307 g/mol. The molecule has 1 heterocycles. The molecule has 0 radical (unpaired) electrons. The van der Waals surface area contributed by atoms with Crippen molar-refractivity contribution in [3.05, 3.63) is 35.6 Å². The summed E-state index contributed by atoms with van der Waals surface area (Å²) in [5.41, 5.74) is 0.707. The fraction of sp³-hybridized carbons (Fsp3) is 0.400. The van der Waals surface area contributed by atoms with Crippen LogP contribution in [-0.4, -0.2) is 41.8 Å². The van der Waals surface area contributed by atoms with Gasteiger partial charge in [-0.25, -0.2) is 4.39 Å². The summed E-state index contributed by atoms with van der Waals surface area (Å²) in [6.45, 7) is 1.91. The lowest BCUT2D eigenvalue weighted by Crippen LogP contribution is -2.42. The number of halogens is 1. The highest BCUT2D eigenvalue weighted by atomic mass is 19.1. The van der Waals surface area contributed by atoms with Gasteiger partial charge in [-0.3, -0.25) is 14.4 Å². The molecule has 1 saturated heterocycles. The molecular formula is C15H18FN3O3. The normalized spacial score (nSPS) is 17.5. The van der Waals surface area contributed by atoms with Gasteiger partial charge in [-0.15, -0.1) is 0 Å². The predicted octanol–water partition coefficient (Wildman–Crippen LogP) is 0.179. The Morgan fingerprint density at radius 1 is 1.41 bits per heavy atom. The largest absolute Gasteiger partial charge is 0.350 e. The Morgan fingerprint density at radius 3 is 2.86 bits per heavy atom. The van der Waals surface area contributed by atoms with E-state index in [0.29, 0.717) is 18.7 Å². The van der Waals surface area contributed by atoms with E-state index in [9.17, 15) is 18.8 Å². The molecule has 1 aromatic carbocycles. The zero-order valence-electron chi connectivity index (χ0n) is 12.3. The zero-order valence-corrected chi connectivity index (χ0v) is 12.3. The summed E-state index contributed by atoms with van der Waals surface area (Å²) >= 11 is 0. The number of hydrogen-bond acceptors (Lipinski definition) is 3. The molecule has 1 atom stereocenters. The Balaban J connectivity index is 1.85. The molecule has 7 heteroatoms. The maximum Gasteiger partial charge on any atom is 0.239 e. The van der Waals surface area contributed by atoms with Crippen LogP contribution in [0.25, 0.3) is 0 Å². The molecule has 2 rings (SSSR count). The van der Waals surface area contributed by atoms with Crippen molar-refractivity contribution in [3.8, 4) is 0 Å². The van der Waals surface area contributed by atoms with Crippen molar-refractivity contribution in [3.63, 3.8) is 0 Å². The predicted molar refractivity (Wildman–Crippen MR) is 77.0 cm³/mol. The number of benzene rings is 1. The van der Waals surface area contributed by atoms with E-state index in [-0.39, 0.29) is 42.5 Å². The lowest BCUT2D eigenvalue weighted by atomic mass is 10.2. The van der Waals surface area contributed by atoms with Gasteiger partial charge in [-0.2, -0.15) is 0 Å². The van der Waals surface area contributed by atoms with Crippen molar-refractivity contribution in [2.24, 2.45) is 0 Å².